The molecule has 1 atom stereocenters. The van der Waals surface area contributed by atoms with E-state index in [-0.39, 0.29) is 19.0 Å². The van der Waals surface area contributed by atoms with Crippen LogP contribution in [-0.2, 0) is 32.8 Å². The maximum Gasteiger partial charge on any atom is 0.414 e. The number of methoxy groups -OCH3 is 2. The normalized spacial score (nSPS) is 15.7. The van der Waals surface area contributed by atoms with Gasteiger partial charge in [0.1, 0.15) is 5.52 Å². The minimum absolute atomic E-state index is 0.117. The Balaban J connectivity index is 1.58. The fourth-order valence-electron chi connectivity index (χ4n) is 5.76. The molecule has 5 rings (SSSR count). The molecule has 2 amide bonds. The van der Waals surface area contributed by atoms with E-state index >= 15 is 0 Å². The molecule has 0 radical (unpaired) electrons. The van der Waals surface area contributed by atoms with Crippen molar-refractivity contribution in [3.05, 3.63) is 102 Å². The molecule has 216 valence electrons. The fourth-order valence-corrected chi connectivity index (χ4v) is 5.76. The number of rotatable bonds is 9. The topological polar surface area (TPSA) is 107 Å². The van der Waals surface area contributed by atoms with Crippen molar-refractivity contribution in [2.75, 3.05) is 32.2 Å². The second kappa shape index (κ2) is 11.9. The molecular weight excluding hydrogens is 534 g/mol. The molecule has 0 N–H and O–H groups in total. The van der Waals surface area contributed by atoms with Crippen molar-refractivity contribution in [1.29, 1.82) is 0 Å². The summed E-state index contributed by atoms with van der Waals surface area (Å²) in [4.78, 5) is 42.0. The molecule has 0 saturated heterocycles. The highest BCUT2D eigenvalue weighted by atomic mass is 16.5. The number of anilines is 1. The van der Waals surface area contributed by atoms with Gasteiger partial charge in [-0.1, -0.05) is 59.8 Å². The molecule has 10 nitrogen and oxygen atoms in total. The standard InChI is InChI=1S/C32H33N5O5/c1-22(18-37-29-13-9-8-12-27(29)33-34-37)17-32(20-35(23(2)38)19-24-10-6-5-7-11-24)21-36(31(40)42-4)28-15-14-25(16-26(28)32)30(39)41-3/h5-16H,1,17-21H2,2-4H3. The Labute approximate surface area is 244 Å². The van der Waals surface area contributed by atoms with Crippen molar-refractivity contribution >= 4 is 34.7 Å². The number of fused-ring (bicyclic) bond motifs is 2. The molecule has 0 aliphatic carbocycles. The van der Waals surface area contributed by atoms with E-state index in [0.29, 0.717) is 30.8 Å². The summed E-state index contributed by atoms with van der Waals surface area (Å²) in [5.41, 5.74) is 4.31. The molecule has 1 aliphatic heterocycles. The number of amides is 2. The van der Waals surface area contributed by atoms with Crippen LogP contribution in [0.25, 0.3) is 11.0 Å². The molecule has 1 aliphatic rings. The summed E-state index contributed by atoms with van der Waals surface area (Å²) < 4.78 is 11.9. The van der Waals surface area contributed by atoms with Gasteiger partial charge in [0.2, 0.25) is 5.91 Å². The van der Waals surface area contributed by atoms with Crippen LogP contribution in [0.2, 0.25) is 0 Å². The van der Waals surface area contributed by atoms with E-state index in [1.165, 1.54) is 21.1 Å². The Morgan fingerprint density at radius 3 is 2.45 bits per heavy atom. The smallest absolute Gasteiger partial charge is 0.414 e. The number of aromatic nitrogens is 3. The SMILES string of the molecule is C=C(Cn1nnc2ccccc21)CC1(CN(Cc2ccccc2)C(C)=O)CN(C(=O)OC)c2ccc(C(=O)OC)cc21. The lowest BCUT2D eigenvalue weighted by atomic mass is 9.76. The van der Waals surface area contributed by atoms with Gasteiger partial charge in [-0.15, -0.1) is 5.10 Å². The molecule has 0 fully saturated rings. The number of nitrogens with zero attached hydrogens (tertiary/aromatic N) is 5. The van der Waals surface area contributed by atoms with E-state index in [9.17, 15) is 14.4 Å². The van der Waals surface area contributed by atoms with Gasteiger partial charge in [0.05, 0.1) is 37.5 Å². The predicted molar refractivity (Wildman–Crippen MR) is 158 cm³/mol. The summed E-state index contributed by atoms with van der Waals surface area (Å²) in [5.74, 6) is -0.614. The molecule has 1 aromatic heterocycles. The summed E-state index contributed by atoms with van der Waals surface area (Å²) in [6.45, 7) is 7.17. The lowest BCUT2D eigenvalue weighted by Crippen LogP contribution is -2.47. The second-order valence-electron chi connectivity index (χ2n) is 10.6. The van der Waals surface area contributed by atoms with Crippen molar-refractivity contribution in [1.82, 2.24) is 19.9 Å². The van der Waals surface area contributed by atoms with Gasteiger partial charge in [0, 0.05) is 32.0 Å². The van der Waals surface area contributed by atoms with Gasteiger partial charge >= 0.3 is 12.1 Å². The molecule has 3 aromatic carbocycles. The van der Waals surface area contributed by atoms with E-state index in [0.717, 1.165) is 27.7 Å². The van der Waals surface area contributed by atoms with E-state index < -0.39 is 17.5 Å². The Bertz CT molecular complexity index is 1650. The molecule has 0 spiro atoms. The molecule has 0 saturated carbocycles. The van der Waals surface area contributed by atoms with Crippen molar-refractivity contribution in [3.63, 3.8) is 0 Å². The average molecular weight is 568 g/mol. The Morgan fingerprint density at radius 2 is 1.74 bits per heavy atom. The van der Waals surface area contributed by atoms with Crippen molar-refractivity contribution in [3.8, 4) is 0 Å². The van der Waals surface area contributed by atoms with Crippen LogP contribution < -0.4 is 4.90 Å². The Morgan fingerprint density at radius 1 is 1.00 bits per heavy atom. The number of hydrogen-bond donors (Lipinski definition) is 0. The first kappa shape index (κ1) is 28.5. The summed E-state index contributed by atoms with van der Waals surface area (Å²) in [5, 5.41) is 8.58. The van der Waals surface area contributed by atoms with Crippen molar-refractivity contribution in [2.24, 2.45) is 0 Å². The third-order valence-corrected chi connectivity index (χ3v) is 7.67. The maximum atomic E-state index is 13.1. The summed E-state index contributed by atoms with van der Waals surface area (Å²) >= 11 is 0. The first-order valence-electron chi connectivity index (χ1n) is 13.6. The molecular formula is C32H33N5O5. The number of para-hydroxylation sites is 1. The lowest BCUT2D eigenvalue weighted by Gasteiger charge is -2.36. The second-order valence-corrected chi connectivity index (χ2v) is 10.6. The minimum atomic E-state index is -0.818. The van der Waals surface area contributed by atoms with Crippen LogP contribution in [0.15, 0.2) is 84.9 Å². The molecule has 42 heavy (non-hydrogen) atoms. The maximum absolute atomic E-state index is 13.1. The lowest BCUT2D eigenvalue weighted by molar-refractivity contribution is -0.130. The Hall–Kier alpha value is -4.99. The van der Waals surface area contributed by atoms with Crippen LogP contribution in [0.4, 0.5) is 10.5 Å². The first-order valence-corrected chi connectivity index (χ1v) is 13.6. The quantitative estimate of drug-likeness (QED) is 0.212. The average Bonchev–Trinajstić information content (AvgIpc) is 3.55. The van der Waals surface area contributed by atoms with Crippen LogP contribution in [0, 0.1) is 0 Å². The third-order valence-electron chi connectivity index (χ3n) is 7.67. The van der Waals surface area contributed by atoms with E-state index in [1.807, 2.05) is 54.6 Å². The van der Waals surface area contributed by atoms with E-state index in [2.05, 4.69) is 16.9 Å². The molecule has 10 heteroatoms. The van der Waals surface area contributed by atoms with Gasteiger partial charge in [-0.25, -0.2) is 14.3 Å². The number of hydrogen-bond acceptors (Lipinski definition) is 7. The molecule has 1 unspecified atom stereocenters. The van der Waals surface area contributed by atoms with Gasteiger partial charge < -0.3 is 14.4 Å². The van der Waals surface area contributed by atoms with Crippen LogP contribution in [0.1, 0.15) is 34.8 Å². The minimum Gasteiger partial charge on any atom is -0.465 e. The monoisotopic (exact) mass is 567 g/mol. The van der Waals surface area contributed by atoms with Crippen LogP contribution >= 0.6 is 0 Å². The number of ether oxygens (including phenoxy) is 2. The summed E-state index contributed by atoms with van der Waals surface area (Å²) in [6, 6.07) is 22.5. The fraction of sp³-hybridized carbons (Fsp3) is 0.281. The number of carbonyl (C=O) groups excluding carboxylic acids is 3. The highest BCUT2D eigenvalue weighted by Crippen LogP contribution is 2.46. The summed E-state index contributed by atoms with van der Waals surface area (Å²) in [7, 11) is 2.65. The predicted octanol–water partition coefficient (Wildman–Crippen LogP) is 4.74. The summed E-state index contributed by atoms with van der Waals surface area (Å²) in [6.07, 6.45) is -0.139. The highest BCUT2D eigenvalue weighted by Gasteiger charge is 2.47. The number of allylic oxidation sites excluding steroid dienone is 1. The highest BCUT2D eigenvalue weighted by molar-refractivity contribution is 5.95. The molecule has 0 bridgehead atoms. The van der Waals surface area contributed by atoms with Gasteiger partial charge in [-0.3, -0.25) is 9.69 Å². The largest absolute Gasteiger partial charge is 0.465 e. The van der Waals surface area contributed by atoms with E-state index in [1.54, 1.807) is 32.7 Å². The number of carbonyl (C=O) groups is 3. The van der Waals surface area contributed by atoms with Crippen LogP contribution in [-0.4, -0.2) is 65.2 Å². The van der Waals surface area contributed by atoms with Gasteiger partial charge in [0.25, 0.3) is 0 Å². The molecule has 4 aromatic rings. The Kier molecular flexibility index (Phi) is 8.06. The van der Waals surface area contributed by atoms with Gasteiger partial charge in [-0.2, -0.15) is 0 Å². The van der Waals surface area contributed by atoms with Crippen molar-refractivity contribution < 1.29 is 23.9 Å². The van der Waals surface area contributed by atoms with E-state index in [4.69, 9.17) is 9.47 Å². The van der Waals surface area contributed by atoms with Crippen LogP contribution in [0.3, 0.4) is 0 Å². The number of benzene rings is 3. The third kappa shape index (κ3) is 5.60. The zero-order valence-corrected chi connectivity index (χ0v) is 23.9. The van der Waals surface area contributed by atoms with Crippen LogP contribution in [0.5, 0.6) is 0 Å². The van der Waals surface area contributed by atoms with Gasteiger partial charge in [0.15, 0.2) is 0 Å². The number of esters is 1. The van der Waals surface area contributed by atoms with Crippen molar-refractivity contribution in [2.45, 2.75) is 31.8 Å². The van der Waals surface area contributed by atoms with Gasteiger partial charge in [-0.05, 0) is 47.9 Å². The zero-order chi connectivity index (χ0) is 29.9. The molecule has 2 heterocycles. The first-order chi connectivity index (χ1) is 20.2. The zero-order valence-electron chi connectivity index (χ0n) is 23.9.